The Hall–Kier alpha value is 0.200. The van der Waals surface area contributed by atoms with Crippen molar-refractivity contribution in [2.75, 3.05) is 26.9 Å². The van der Waals surface area contributed by atoms with E-state index in [1.807, 2.05) is 0 Å². The molecule has 24 nitrogen and oxygen atoms in total. The summed E-state index contributed by atoms with van der Waals surface area (Å²) in [4.78, 5) is 23.9. The molecule has 0 unspecified atom stereocenters. The Labute approximate surface area is 379 Å². The largest absolute Gasteiger partial charge is 1.00 e. The van der Waals surface area contributed by atoms with Crippen molar-refractivity contribution in [3.05, 3.63) is 0 Å². The van der Waals surface area contributed by atoms with Gasteiger partial charge in [0.25, 0.3) is 0 Å². The predicted molar refractivity (Wildman–Crippen MR) is 177 cm³/mol. The fourth-order valence-electron chi connectivity index (χ4n) is 6.37. The standard InChI is InChI=1S/C30H53NO23S2.2Na/c1-14-20(36)26(53-55(40,41)42)22(38)29(48-14)52-25-19(31-15(2)34)28(47-11-9-7-5-4-6-8-10-18(35)46-3)50-17(13-33)24(25)51-30-23(39)27(54-56(43,44)45)21(37)16(12-32)49-30;;/h14,16-17,19-30,32-33,36-39H,4-13H2,1-3H3,(H,31,34)(H,40,41,42)(H,43,44,45);;/q;2*+1/p-2/t14-,16+,17+,19+,20+,21-,22-,23+,24+,25+,26+,27-,28+,29-,30-;;/m0../s1. The SMILES string of the molecule is COC(=O)CCCCCCCCO[C@@H]1O[C@H](CO)[C@@H](O[C@@H]2O[C@H](CO)[C@H](O)[C@H](OS(=O)(=O)[O-])[C@H]2O)[C@H](O[C@@H]2O[C@@H](C)[C@@H](O)[C@@H](OS(=O)(=O)[O-])[C@@H]2O)[C@H]1NC(C)=O.[Na+].[Na+]. The van der Waals surface area contributed by atoms with Crippen LogP contribution in [0.25, 0.3) is 0 Å². The number of hydrogen-bond donors (Lipinski definition) is 7. The van der Waals surface area contributed by atoms with E-state index in [0.29, 0.717) is 25.7 Å². The fraction of sp³-hybridized carbons (Fsp3) is 0.933. The van der Waals surface area contributed by atoms with E-state index in [1.165, 1.54) is 14.0 Å². The van der Waals surface area contributed by atoms with Crippen LogP contribution in [0.4, 0.5) is 0 Å². The molecule has 3 aliphatic rings. The molecule has 3 heterocycles. The van der Waals surface area contributed by atoms with Gasteiger partial charge in [-0.15, -0.1) is 0 Å². The zero-order chi connectivity index (χ0) is 42.0. The van der Waals surface area contributed by atoms with Crippen LogP contribution < -0.4 is 64.4 Å². The second-order valence-corrected chi connectivity index (χ2v) is 15.3. The fourth-order valence-corrected chi connectivity index (χ4v) is 7.37. The van der Waals surface area contributed by atoms with Gasteiger partial charge in [0.2, 0.25) is 26.7 Å². The molecular weight excluding hydrogens is 852 g/mol. The Bertz CT molecular complexity index is 1470. The molecule has 1 amide bonds. The molecule has 328 valence electrons. The third-order valence-corrected chi connectivity index (χ3v) is 10.0. The van der Waals surface area contributed by atoms with Crippen LogP contribution in [-0.2, 0) is 71.9 Å². The number of carbonyl (C=O) groups is 2. The summed E-state index contributed by atoms with van der Waals surface area (Å²) < 4.78 is 117. The monoisotopic (exact) mass is 903 g/mol. The van der Waals surface area contributed by atoms with E-state index >= 15 is 0 Å². The summed E-state index contributed by atoms with van der Waals surface area (Å²) in [5.41, 5.74) is 0. The molecule has 7 N–H and O–H groups in total. The molecule has 0 aromatic heterocycles. The maximum atomic E-state index is 12.6. The molecule has 3 fully saturated rings. The number of rotatable bonds is 21. The Morgan fingerprint density at radius 3 is 1.67 bits per heavy atom. The summed E-state index contributed by atoms with van der Waals surface area (Å²) in [5.74, 6) is -1.03. The number of methoxy groups -OCH3 is 1. The van der Waals surface area contributed by atoms with Crippen LogP contribution in [0.2, 0.25) is 0 Å². The number of ether oxygens (including phenoxy) is 7. The first-order valence-corrected chi connectivity index (χ1v) is 20.3. The molecule has 3 rings (SSSR count). The van der Waals surface area contributed by atoms with Crippen molar-refractivity contribution in [1.82, 2.24) is 5.32 Å². The van der Waals surface area contributed by atoms with Crippen LogP contribution in [0.15, 0.2) is 0 Å². The van der Waals surface area contributed by atoms with Crippen molar-refractivity contribution in [3.8, 4) is 0 Å². The number of aliphatic hydroxyl groups is 6. The molecule has 3 saturated heterocycles. The van der Waals surface area contributed by atoms with Crippen molar-refractivity contribution in [1.29, 1.82) is 0 Å². The summed E-state index contributed by atoms with van der Waals surface area (Å²) in [7, 11) is -9.81. The minimum absolute atomic E-state index is 0. The predicted octanol–water partition coefficient (Wildman–Crippen LogP) is -10.5. The second-order valence-electron chi connectivity index (χ2n) is 13.3. The third kappa shape index (κ3) is 17.1. The summed E-state index contributed by atoms with van der Waals surface area (Å²) >= 11 is 0. The molecule has 0 saturated carbocycles. The molecule has 3 aliphatic heterocycles. The number of nitrogens with one attached hydrogen (secondary N) is 1. The Balaban J connectivity index is 0.00000841. The van der Waals surface area contributed by atoms with Gasteiger partial charge in [0.1, 0.15) is 67.1 Å². The zero-order valence-electron chi connectivity index (χ0n) is 32.7. The van der Waals surface area contributed by atoms with E-state index in [4.69, 9.17) is 28.4 Å². The second kappa shape index (κ2) is 26.1. The molecule has 0 aliphatic carbocycles. The first kappa shape index (κ1) is 56.2. The summed E-state index contributed by atoms with van der Waals surface area (Å²) in [6, 6.07) is -1.49. The number of carbonyl (C=O) groups excluding carboxylic acids is 2. The van der Waals surface area contributed by atoms with Gasteiger partial charge in [-0.05, 0) is 19.8 Å². The summed E-state index contributed by atoms with van der Waals surface area (Å²) in [5, 5.41) is 65.8. The first-order valence-electron chi connectivity index (χ1n) is 17.7. The van der Waals surface area contributed by atoms with E-state index in [-0.39, 0.29) is 71.7 Å². The van der Waals surface area contributed by atoms with Gasteiger partial charge in [0.15, 0.2) is 18.9 Å². The normalized spacial score (nSPS) is 35.6. The number of amides is 1. The molecule has 0 aromatic carbocycles. The van der Waals surface area contributed by atoms with E-state index in [2.05, 4.69) is 18.4 Å². The molecule has 58 heavy (non-hydrogen) atoms. The van der Waals surface area contributed by atoms with Gasteiger partial charge in [-0.3, -0.25) is 18.0 Å². The summed E-state index contributed by atoms with van der Waals surface area (Å²) in [6.45, 7) is 0.341. The van der Waals surface area contributed by atoms with Gasteiger partial charge in [0.05, 0.1) is 26.4 Å². The molecule has 15 atom stereocenters. The molecular formula is C30H51NNa2O23S2. The quantitative estimate of drug-likeness (QED) is 0.0185. The van der Waals surface area contributed by atoms with Crippen LogP contribution in [0, 0.1) is 0 Å². The van der Waals surface area contributed by atoms with Gasteiger partial charge in [0, 0.05) is 20.0 Å². The van der Waals surface area contributed by atoms with Gasteiger partial charge < -0.3 is 78.2 Å². The number of unbranched alkanes of at least 4 members (excludes halogenated alkanes) is 5. The first-order chi connectivity index (χ1) is 26.2. The zero-order valence-corrected chi connectivity index (χ0v) is 38.3. The van der Waals surface area contributed by atoms with Crippen molar-refractivity contribution in [2.45, 2.75) is 151 Å². The van der Waals surface area contributed by atoms with Gasteiger partial charge in [-0.1, -0.05) is 25.7 Å². The topological polar surface area (TPSA) is 365 Å². The molecule has 28 heteroatoms. The van der Waals surface area contributed by atoms with Gasteiger partial charge >= 0.3 is 65.1 Å². The number of hydrogen-bond acceptors (Lipinski definition) is 23. The number of aliphatic hydroxyl groups excluding tert-OH is 6. The van der Waals surface area contributed by atoms with Crippen LogP contribution in [-0.4, -0.2) is 187 Å². The third-order valence-electron chi connectivity index (χ3n) is 9.13. The molecule has 0 spiro atoms. The maximum absolute atomic E-state index is 12.6. The van der Waals surface area contributed by atoms with E-state index in [1.54, 1.807) is 0 Å². The van der Waals surface area contributed by atoms with Crippen molar-refractivity contribution in [2.24, 2.45) is 0 Å². The van der Waals surface area contributed by atoms with E-state index < -0.39 is 132 Å². The number of esters is 1. The van der Waals surface area contributed by atoms with Gasteiger partial charge in [-0.25, -0.2) is 16.8 Å². The van der Waals surface area contributed by atoms with Crippen molar-refractivity contribution >= 4 is 32.7 Å². The smallest absolute Gasteiger partial charge is 0.726 e. The molecule has 0 bridgehead atoms. The molecule has 0 aromatic rings. The van der Waals surface area contributed by atoms with Gasteiger partial charge in [-0.2, -0.15) is 0 Å². The molecule has 0 radical (unpaired) electrons. The van der Waals surface area contributed by atoms with Crippen LogP contribution >= 0.6 is 0 Å². The van der Waals surface area contributed by atoms with Crippen LogP contribution in [0.5, 0.6) is 0 Å². The summed E-state index contributed by atoms with van der Waals surface area (Å²) in [6.07, 6.45) is -22.4. The average molecular weight is 904 g/mol. The van der Waals surface area contributed by atoms with E-state index in [0.717, 1.165) is 26.2 Å². The van der Waals surface area contributed by atoms with Crippen LogP contribution in [0.1, 0.15) is 58.8 Å². The Morgan fingerprint density at radius 2 is 1.16 bits per heavy atom. The van der Waals surface area contributed by atoms with Crippen molar-refractivity contribution < 1.29 is 167 Å². The van der Waals surface area contributed by atoms with Crippen molar-refractivity contribution in [3.63, 3.8) is 0 Å². The minimum atomic E-state index is -5.59. The minimum Gasteiger partial charge on any atom is -0.726 e. The Kier molecular flexibility index (Phi) is 25.3. The maximum Gasteiger partial charge on any atom is 1.00 e. The van der Waals surface area contributed by atoms with Crippen LogP contribution in [0.3, 0.4) is 0 Å². The Morgan fingerprint density at radius 1 is 0.672 bits per heavy atom. The average Bonchev–Trinajstić information content (AvgIpc) is 3.11. The van der Waals surface area contributed by atoms with E-state index in [9.17, 15) is 66.2 Å².